The monoisotopic (exact) mass is 459 g/mol. The summed E-state index contributed by atoms with van der Waals surface area (Å²) in [4.78, 5) is 26.8. The molecule has 0 saturated carbocycles. The maximum atomic E-state index is 14.6. The zero-order valence-electron chi connectivity index (χ0n) is 18.5. The number of pyridine rings is 1. The van der Waals surface area contributed by atoms with Gasteiger partial charge in [-0.2, -0.15) is 10.2 Å². The first-order valence-electron chi connectivity index (χ1n) is 10.3. The van der Waals surface area contributed by atoms with E-state index in [0.717, 1.165) is 0 Å². The first-order valence-corrected chi connectivity index (χ1v) is 10.3. The van der Waals surface area contributed by atoms with E-state index in [2.05, 4.69) is 20.1 Å². The lowest BCUT2D eigenvalue weighted by Gasteiger charge is -2.17. The molecule has 0 N–H and O–H groups in total. The van der Waals surface area contributed by atoms with Crippen molar-refractivity contribution < 1.29 is 13.7 Å². The van der Waals surface area contributed by atoms with Gasteiger partial charge in [0.2, 0.25) is 5.82 Å². The summed E-state index contributed by atoms with van der Waals surface area (Å²) in [6.45, 7) is 3.57. The fourth-order valence-corrected chi connectivity index (χ4v) is 3.71. The molecule has 0 aliphatic heterocycles. The van der Waals surface area contributed by atoms with E-state index in [0.29, 0.717) is 11.2 Å². The molecule has 11 heteroatoms. The number of hydrogen-bond acceptors (Lipinski definition) is 8. The first-order chi connectivity index (χ1) is 16.4. The lowest BCUT2D eigenvalue weighted by molar-refractivity contribution is 0.00973. The van der Waals surface area contributed by atoms with Crippen molar-refractivity contribution >= 4 is 16.6 Å². The lowest BCUT2D eigenvalue weighted by Crippen LogP contribution is -2.25. The van der Waals surface area contributed by atoms with Crippen LogP contribution in [0.4, 0.5) is 4.39 Å². The summed E-state index contributed by atoms with van der Waals surface area (Å²) in [5.74, 6) is -0.409. The van der Waals surface area contributed by atoms with Gasteiger partial charge in [0.25, 0.3) is 11.4 Å². The first kappa shape index (κ1) is 21.4. The van der Waals surface area contributed by atoms with Gasteiger partial charge in [-0.25, -0.2) is 9.37 Å². The second kappa shape index (κ2) is 7.86. The highest BCUT2D eigenvalue weighted by atomic mass is 19.1. The van der Waals surface area contributed by atoms with E-state index in [1.165, 1.54) is 34.5 Å². The molecule has 0 aliphatic rings. The highest BCUT2D eigenvalue weighted by molar-refractivity contribution is 5.87. The molecule has 0 spiro atoms. The highest BCUT2D eigenvalue weighted by Crippen LogP contribution is 2.28. The Labute approximate surface area is 191 Å². The van der Waals surface area contributed by atoms with Gasteiger partial charge in [-0.3, -0.25) is 18.7 Å². The van der Waals surface area contributed by atoms with Crippen molar-refractivity contribution in [3.63, 3.8) is 0 Å². The minimum Gasteiger partial charge on any atom is -0.371 e. The number of nitriles is 1. The van der Waals surface area contributed by atoms with Gasteiger partial charge in [0, 0.05) is 13.3 Å². The topological polar surface area (TPSA) is 124 Å². The smallest absolute Gasteiger partial charge is 0.279 e. The van der Waals surface area contributed by atoms with Crippen molar-refractivity contribution in [2.24, 2.45) is 0 Å². The van der Waals surface area contributed by atoms with E-state index in [9.17, 15) is 14.4 Å². The lowest BCUT2D eigenvalue weighted by atomic mass is 10.1. The van der Waals surface area contributed by atoms with Crippen molar-refractivity contribution in [2.75, 3.05) is 7.11 Å². The molecule has 34 heavy (non-hydrogen) atoms. The molecule has 10 nitrogen and oxygen atoms in total. The molecule has 1 aromatic carbocycles. The van der Waals surface area contributed by atoms with Crippen LogP contribution in [0, 0.1) is 17.1 Å². The van der Waals surface area contributed by atoms with Crippen molar-refractivity contribution in [1.82, 2.24) is 29.1 Å². The van der Waals surface area contributed by atoms with E-state index >= 15 is 0 Å². The minimum atomic E-state index is -0.817. The zero-order chi connectivity index (χ0) is 24.0. The molecule has 4 aromatic heterocycles. The van der Waals surface area contributed by atoms with Crippen molar-refractivity contribution in [1.29, 1.82) is 5.26 Å². The van der Waals surface area contributed by atoms with Crippen molar-refractivity contribution in [2.45, 2.75) is 26.0 Å². The molecule has 0 amide bonds. The number of methoxy groups -OCH3 is 1. The van der Waals surface area contributed by atoms with Crippen LogP contribution in [0.15, 0.2) is 52.2 Å². The summed E-state index contributed by atoms with van der Waals surface area (Å²) < 4.78 is 28.2. The maximum absolute atomic E-state index is 14.6. The molecule has 5 aromatic rings. The number of aromatic nitrogens is 6. The normalized spacial score (nSPS) is 11.9. The summed E-state index contributed by atoms with van der Waals surface area (Å²) in [6.07, 6.45) is 3.00. The van der Waals surface area contributed by atoms with Gasteiger partial charge in [0.15, 0.2) is 5.69 Å². The molecule has 4 heterocycles. The average molecular weight is 459 g/mol. The summed E-state index contributed by atoms with van der Waals surface area (Å²) in [5, 5.41) is 13.6. The van der Waals surface area contributed by atoms with Crippen LogP contribution in [-0.4, -0.2) is 36.2 Å². The molecule has 0 unspecified atom stereocenters. The minimum absolute atomic E-state index is 0.0151. The van der Waals surface area contributed by atoms with Gasteiger partial charge in [0.1, 0.15) is 34.9 Å². The van der Waals surface area contributed by atoms with Gasteiger partial charge in [-0.05, 0) is 38.1 Å². The third-order valence-corrected chi connectivity index (χ3v) is 5.69. The Balaban J connectivity index is 1.83. The molecule has 0 bridgehead atoms. The number of hydrogen-bond donors (Lipinski definition) is 0. The molecular weight excluding hydrogens is 441 g/mol. The second-order valence-electron chi connectivity index (χ2n) is 8.06. The van der Waals surface area contributed by atoms with Crippen molar-refractivity contribution in [3.8, 4) is 17.7 Å². The maximum Gasteiger partial charge on any atom is 0.279 e. The number of benzene rings is 1. The van der Waals surface area contributed by atoms with Gasteiger partial charge in [0.05, 0.1) is 23.3 Å². The Morgan fingerprint density at radius 1 is 1.21 bits per heavy atom. The Morgan fingerprint density at radius 2 is 2.03 bits per heavy atom. The molecule has 0 saturated heterocycles. The van der Waals surface area contributed by atoms with Crippen LogP contribution in [0.3, 0.4) is 0 Å². The number of nitrogens with zero attached hydrogens (tertiary/aromatic N) is 7. The standard InChI is InChI=1S/C23H18FN7O3/c1-23(2,33-3)22-28-20(34-29-22)17-19-21(32)30(11-13-6-4-5-9-26-13)18-14(10-25)15(24)7-8-16(18)31(19)12-27-17/h4-9,12H,11H2,1-3H3. The van der Waals surface area contributed by atoms with E-state index < -0.39 is 17.0 Å². The van der Waals surface area contributed by atoms with Gasteiger partial charge < -0.3 is 9.26 Å². The SMILES string of the molecule is COC(C)(C)c1noc(-c2ncn3c2c(=O)n(Cc2ccccn2)c2c(C#N)c(F)ccc23)n1. The Hall–Kier alpha value is -4.43. The van der Waals surface area contributed by atoms with Crippen LogP contribution < -0.4 is 5.56 Å². The van der Waals surface area contributed by atoms with E-state index in [-0.39, 0.29) is 40.6 Å². The van der Waals surface area contributed by atoms with E-state index in [4.69, 9.17) is 9.26 Å². The molecule has 0 radical (unpaired) electrons. The summed E-state index contributed by atoms with van der Waals surface area (Å²) in [7, 11) is 1.52. The van der Waals surface area contributed by atoms with E-state index in [1.54, 1.807) is 38.2 Å². The van der Waals surface area contributed by atoms with E-state index in [1.807, 2.05) is 6.07 Å². The van der Waals surface area contributed by atoms with Crippen LogP contribution in [0.1, 0.15) is 30.9 Å². The molecule has 0 aliphatic carbocycles. The van der Waals surface area contributed by atoms with Crippen LogP contribution in [0.25, 0.3) is 28.1 Å². The Morgan fingerprint density at radius 3 is 2.74 bits per heavy atom. The largest absolute Gasteiger partial charge is 0.371 e. The summed E-state index contributed by atoms with van der Waals surface area (Å²) in [5.41, 5.74) is -0.155. The molecular formula is C23H18FN7O3. The quantitative estimate of drug-likeness (QED) is 0.393. The van der Waals surface area contributed by atoms with Gasteiger partial charge >= 0.3 is 0 Å². The summed E-state index contributed by atoms with van der Waals surface area (Å²) in [6, 6.07) is 9.82. The fourth-order valence-electron chi connectivity index (χ4n) is 3.71. The molecule has 0 fully saturated rings. The third-order valence-electron chi connectivity index (χ3n) is 5.69. The van der Waals surface area contributed by atoms with Crippen molar-refractivity contribution in [3.05, 3.63) is 76.1 Å². The predicted octanol–water partition coefficient (Wildman–Crippen LogP) is 3.03. The third kappa shape index (κ3) is 3.23. The average Bonchev–Trinajstić information content (AvgIpc) is 3.50. The zero-order valence-corrected chi connectivity index (χ0v) is 18.5. The molecule has 170 valence electrons. The summed E-state index contributed by atoms with van der Waals surface area (Å²) >= 11 is 0. The highest BCUT2D eigenvalue weighted by Gasteiger charge is 2.29. The number of ether oxygens (including phenoxy) is 1. The number of halogens is 1. The van der Waals surface area contributed by atoms with Gasteiger partial charge in [-0.15, -0.1) is 0 Å². The molecule has 5 rings (SSSR count). The van der Waals surface area contributed by atoms with Gasteiger partial charge in [-0.1, -0.05) is 11.2 Å². The van der Waals surface area contributed by atoms with Crippen LogP contribution >= 0.6 is 0 Å². The Kier molecular flexibility index (Phi) is 4.95. The fraction of sp³-hybridized carbons (Fsp3) is 0.217. The number of rotatable bonds is 5. The van der Waals surface area contributed by atoms with Crippen LogP contribution in [-0.2, 0) is 16.9 Å². The predicted molar refractivity (Wildman–Crippen MR) is 118 cm³/mol. The van der Waals surface area contributed by atoms with Crippen LogP contribution in [0.2, 0.25) is 0 Å². The number of imidazole rings is 1. The number of fused-ring (bicyclic) bond motifs is 3. The second-order valence-corrected chi connectivity index (χ2v) is 8.06. The molecule has 0 atom stereocenters. The Bertz CT molecular complexity index is 1640. The van der Waals surface area contributed by atoms with Crippen LogP contribution in [0.5, 0.6) is 0 Å².